The quantitative estimate of drug-likeness (QED) is 0.930. The van der Waals surface area contributed by atoms with Crippen LogP contribution in [0.1, 0.15) is 18.1 Å². The first kappa shape index (κ1) is 17.6. The van der Waals surface area contributed by atoms with Crippen LogP contribution in [-0.2, 0) is 9.59 Å². The van der Waals surface area contributed by atoms with Gasteiger partial charge in [0.2, 0.25) is 11.8 Å². The first-order valence-electron chi connectivity index (χ1n) is 7.39. The Hall–Kier alpha value is -2.76. The molecule has 2 aromatic carbocycles. The standard InChI is InChI=1S/C18H18F2N2O2/c1-11-5-4-6-12(2)18(11)22(13(3)23)10-17(24)21-16-8-7-14(19)9-15(16)20/h4-9H,10H2,1-3H3,(H,21,24). The van der Waals surface area contributed by atoms with Crippen molar-refractivity contribution in [2.75, 3.05) is 16.8 Å². The van der Waals surface area contributed by atoms with Crippen molar-refractivity contribution in [1.29, 1.82) is 0 Å². The van der Waals surface area contributed by atoms with E-state index in [4.69, 9.17) is 0 Å². The Kier molecular flexibility index (Phi) is 5.28. The molecule has 0 spiro atoms. The van der Waals surface area contributed by atoms with Crippen molar-refractivity contribution >= 4 is 23.2 Å². The van der Waals surface area contributed by atoms with Crippen molar-refractivity contribution in [2.24, 2.45) is 0 Å². The highest BCUT2D eigenvalue weighted by molar-refractivity contribution is 6.02. The third kappa shape index (κ3) is 3.95. The Bertz CT molecular complexity index is 770. The summed E-state index contributed by atoms with van der Waals surface area (Å²) in [6, 6.07) is 8.42. The summed E-state index contributed by atoms with van der Waals surface area (Å²) in [7, 11) is 0. The molecule has 0 heterocycles. The van der Waals surface area contributed by atoms with E-state index in [1.807, 2.05) is 32.0 Å². The molecule has 0 aromatic heterocycles. The van der Waals surface area contributed by atoms with E-state index in [-0.39, 0.29) is 18.1 Å². The van der Waals surface area contributed by atoms with Crippen molar-refractivity contribution in [1.82, 2.24) is 0 Å². The second-order valence-corrected chi connectivity index (χ2v) is 5.52. The van der Waals surface area contributed by atoms with Gasteiger partial charge < -0.3 is 10.2 Å². The number of anilines is 2. The summed E-state index contributed by atoms with van der Waals surface area (Å²) < 4.78 is 26.5. The molecule has 2 amide bonds. The van der Waals surface area contributed by atoms with Crippen molar-refractivity contribution in [3.63, 3.8) is 0 Å². The van der Waals surface area contributed by atoms with E-state index in [0.717, 1.165) is 23.3 Å². The molecule has 0 radical (unpaired) electrons. The number of nitrogens with zero attached hydrogens (tertiary/aromatic N) is 1. The third-order valence-corrected chi connectivity index (χ3v) is 3.60. The van der Waals surface area contributed by atoms with Crippen molar-refractivity contribution < 1.29 is 18.4 Å². The fourth-order valence-corrected chi connectivity index (χ4v) is 2.50. The normalized spacial score (nSPS) is 10.4. The summed E-state index contributed by atoms with van der Waals surface area (Å²) in [5.74, 6) is -2.48. The number of amides is 2. The maximum Gasteiger partial charge on any atom is 0.244 e. The Morgan fingerprint density at radius 1 is 1.08 bits per heavy atom. The molecular formula is C18H18F2N2O2. The summed E-state index contributed by atoms with van der Waals surface area (Å²) in [4.78, 5) is 25.5. The lowest BCUT2D eigenvalue weighted by Crippen LogP contribution is -2.37. The molecule has 0 fully saturated rings. The zero-order valence-corrected chi connectivity index (χ0v) is 13.7. The minimum Gasteiger partial charge on any atom is -0.322 e. The first-order chi connectivity index (χ1) is 11.3. The predicted octanol–water partition coefficient (Wildman–Crippen LogP) is 3.57. The molecule has 126 valence electrons. The molecule has 1 N–H and O–H groups in total. The molecule has 2 aromatic rings. The third-order valence-electron chi connectivity index (χ3n) is 3.60. The van der Waals surface area contributed by atoms with Gasteiger partial charge >= 0.3 is 0 Å². The molecule has 2 rings (SSSR count). The van der Waals surface area contributed by atoms with Crippen molar-refractivity contribution in [3.8, 4) is 0 Å². The highest BCUT2D eigenvalue weighted by Gasteiger charge is 2.20. The Balaban J connectivity index is 2.22. The average molecular weight is 332 g/mol. The van der Waals surface area contributed by atoms with Gasteiger partial charge in [0, 0.05) is 13.0 Å². The maximum atomic E-state index is 13.6. The fourth-order valence-electron chi connectivity index (χ4n) is 2.50. The summed E-state index contributed by atoms with van der Waals surface area (Å²) >= 11 is 0. The molecule has 0 bridgehead atoms. The topological polar surface area (TPSA) is 49.4 Å². The van der Waals surface area contributed by atoms with Gasteiger partial charge in [-0.2, -0.15) is 0 Å². The van der Waals surface area contributed by atoms with Crippen LogP contribution in [0.25, 0.3) is 0 Å². The van der Waals surface area contributed by atoms with Gasteiger partial charge in [0.25, 0.3) is 0 Å². The summed E-state index contributed by atoms with van der Waals surface area (Å²) in [5, 5.41) is 2.36. The van der Waals surface area contributed by atoms with Gasteiger partial charge in [-0.25, -0.2) is 8.78 Å². The van der Waals surface area contributed by atoms with Crippen LogP contribution in [0.15, 0.2) is 36.4 Å². The van der Waals surface area contributed by atoms with Crippen LogP contribution in [0.4, 0.5) is 20.2 Å². The van der Waals surface area contributed by atoms with Crippen LogP contribution in [-0.4, -0.2) is 18.4 Å². The molecule has 4 nitrogen and oxygen atoms in total. The predicted molar refractivity (Wildman–Crippen MR) is 88.9 cm³/mol. The SMILES string of the molecule is CC(=O)N(CC(=O)Nc1ccc(F)cc1F)c1c(C)cccc1C. The van der Waals surface area contributed by atoms with E-state index in [9.17, 15) is 18.4 Å². The minimum absolute atomic E-state index is 0.133. The van der Waals surface area contributed by atoms with Gasteiger partial charge in [0.05, 0.1) is 11.4 Å². The first-order valence-corrected chi connectivity index (χ1v) is 7.39. The molecule has 0 saturated carbocycles. The van der Waals surface area contributed by atoms with E-state index >= 15 is 0 Å². The van der Waals surface area contributed by atoms with E-state index in [2.05, 4.69) is 5.32 Å². The zero-order chi connectivity index (χ0) is 17.9. The Morgan fingerprint density at radius 3 is 2.25 bits per heavy atom. The molecule has 0 aliphatic rings. The number of carbonyl (C=O) groups is 2. The summed E-state index contributed by atoms with van der Waals surface area (Å²) in [6.45, 7) is 4.78. The van der Waals surface area contributed by atoms with Gasteiger partial charge in [-0.1, -0.05) is 18.2 Å². The fraction of sp³-hybridized carbons (Fsp3) is 0.222. The molecule has 0 unspecified atom stereocenters. The number of para-hydroxylation sites is 1. The smallest absolute Gasteiger partial charge is 0.244 e. The Labute approximate surface area is 139 Å². The van der Waals surface area contributed by atoms with Gasteiger partial charge in [0.1, 0.15) is 18.2 Å². The van der Waals surface area contributed by atoms with Crippen LogP contribution in [0.5, 0.6) is 0 Å². The minimum atomic E-state index is -0.871. The monoisotopic (exact) mass is 332 g/mol. The van der Waals surface area contributed by atoms with E-state index in [1.54, 1.807) is 0 Å². The molecular weight excluding hydrogens is 314 g/mol. The van der Waals surface area contributed by atoms with Gasteiger partial charge in [0.15, 0.2) is 0 Å². The molecule has 0 aliphatic heterocycles. The van der Waals surface area contributed by atoms with E-state index in [1.165, 1.54) is 11.8 Å². The van der Waals surface area contributed by atoms with Crippen molar-refractivity contribution in [2.45, 2.75) is 20.8 Å². The zero-order valence-electron chi connectivity index (χ0n) is 13.7. The Morgan fingerprint density at radius 2 is 1.71 bits per heavy atom. The van der Waals surface area contributed by atoms with E-state index < -0.39 is 17.5 Å². The summed E-state index contributed by atoms with van der Waals surface area (Å²) in [6.07, 6.45) is 0. The van der Waals surface area contributed by atoms with Crippen LogP contribution in [0.3, 0.4) is 0 Å². The van der Waals surface area contributed by atoms with Crippen LogP contribution < -0.4 is 10.2 Å². The molecule has 24 heavy (non-hydrogen) atoms. The second kappa shape index (κ2) is 7.21. The number of benzene rings is 2. The van der Waals surface area contributed by atoms with Gasteiger partial charge in [-0.05, 0) is 37.1 Å². The van der Waals surface area contributed by atoms with Gasteiger partial charge in [-0.3, -0.25) is 9.59 Å². The van der Waals surface area contributed by atoms with Crippen LogP contribution in [0, 0.1) is 25.5 Å². The number of hydrogen-bond donors (Lipinski definition) is 1. The largest absolute Gasteiger partial charge is 0.322 e. The maximum absolute atomic E-state index is 13.6. The molecule has 0 aliphatic carbocycles. The average Bonchev–Trinajstić information content (AvgIpc) is 2.48. The second-order valence-electron chi connectivity index (χ2n) is 5.52. The lowest BCUT2D eigenvalue weighted by atomic mass is 10.1. The number of aryl methyl sites for hydroxylation is 2. The van der Waals surface area contributed by atoms with Crippen LogP contribution in [0.2, 0.25) is 0 Å². The molecule has 0 saturated heterocycles. The number of nitrogens with one attached hydrogen (secondary N) is 1. The molecule has 6 heteroatoms. The lowest BCUT2D eigenvalue weighted by molar-refractivity contribution is -0.120. The lowest BCUT2D eigenvalue weighted by Gasteiger charge is -2.24. The number of hydrogen-bond acceptors (Lipinski definition) is 2. The molecule has 0 atom stereocenters. The number of carbonyl (C=O) groups excluding carboxylic acids is 2. The highest BCUT2D eigenvalue weighted by atomic mass is 19.1. The van der Waals surface area contributed by atoms with Crippen LogP contribution >= 0.6 is 0 Å². The number of rotatable bonds is 4. The number of halogens is 2. The summed E-state index contributed by atoms with van der Waals surface area (Å²) in [5.41, 5.74) is 2.23. The van der Waals surface area contributed by atoms with Gasteiger partial charge in [-0.15, -0.1) is 0 Å². The van der Waals surface area contributed by atoms with E-state index in [0.29, 0.717) is 11.8 Å². The van der Waals surface area contributed by atoms with Crippen molar-refractivity contribution in [3.05, 3.63) is 59.2 Å². The highest BCUT2D eigenvalue weighted by Crippen LogP contribution is 2.25.